The first kappa shape index (κ1) is 21.1. The maximum atomic E-state index is 12.3. The minimum Gasteiger partial charge on any atom is -0.357 e. The number of guanidine groups is 1. The van der Waals surface area contributed by atoms with Crippen LogP contribution in [0.2, 0.25) is 0 Å². The lowest BCUT2D eigenvalue weighted by Gasteiger charge is -2.24. The molecule has 0 aromatic heterocycles. The molecule has 0 atom stereocenters. The number of rotatable bonds is 8. The molecule has 0 amide bonds. The Bertz CT molecular complexity index is 760. The van der Waals surface area contributed by atoms with E-state index in [0.717, 1.165) is 25.5 Å². The predicted molar refractivity (Wildman–Crippen MR) is 104 cm³/mol. The van der Waals surface area contributed by atoms with Gasteiger partial charge >= 0.3 is 0 Å². The summed E-state index contributed by atoms with van der Waals surface area (Å²) >= 11 is 0. The Balaban J connectivity index is 1.91. The fraction of sp³-hybridized carbons (Fsp3) is 0.588. The van der Waals surface area contributed by atoms with E-state index in [2.05, 4.69) is 20.3 Å². The van der Waals surface area contributed by atoms with Crippen molar-refractivity contribution >= 4 is 21.7 Å². The van der Waals surface area contributed by atoms with Crippen molar-refractivity contribution in [2.75, 3.05) is 19.6 Å². The van der Waals surface area contributed by atoms with E-state index in [-0.39, 0.29) is 23.7 Å². The van der Waals surface area contributed by atoms with E-state index in [4.69, 9.17) is 0 Å². The quantitative estimate of drug-likeness (QED) is 0.202. The molecule has 1 aliphatic rings. The van der Waals surface area contributed by atoms with Crippen molar-refractivity contribution in [2.24, 2.45) is 4.99 Å². The molecule has 1 aromatic rings. The van der Waals surface area contributed by atoms with Crippen LogP contribution in [0.1, 0.15) is 39.0 Å². The van der Waals surface area contributed by atoms with E-state index < -0.39 is 14.9 Å². The maximum absolute atomic E-state index is 12.3. The Morgan fingerprint density at radius 2 is 2.04 bits per heavy atom. The van der Waals surface area contributed by atoms with Gasteiger partial charge in [0.05, 0.1) is 16.4 Å². The van der Waals surface area contributed by atoms with Crippen LogP contribution >= 0.6 is 0 Å². The molecule has 0 bridgehead atoms. The van der Waals surface area contributed by atoms with Crippen LogP contribution in [0, 0.1) is 10.1 Å². The van der Waals surface area contributed by atoms with Crippen LogP contribution in [-0.2, 0) is 10.0 Å². The molecule has 9 nitrogen and oxygen atoms in total. The molecule has 150 valence electrons. The second kappa shape index (κ2) is 10.2. The third-order valence-electron chi connectivity index (χ3n) is 4.30. The highest BCUT2D eigenvalue weighted by atomic mass is 32.2. The molecule has 0 unspecified atom stereocenters. The summed E-state index contributed by atoms with van der Waals surface area (Å²) in [5.74, 6) is 0.680. The molecule has 1 saturated carbocycles. The zero-order valence-electron chi connectivity index (χ0n) is 15.5. The summed E-state index contributed by atoms with van der Waals surface area (Å²) in [5, 5.41) is 17.4. The first-order chi connectivity index (χ1) is 12.9. The molecule has 0 aliphatic heterocycles. The molecule has 1 fully saturated rings. The van der Waals surface area contributed by atoms with E-state index in [9.17, 15) is 18.5 Å². The number of aliphatic imine (C=N–C) groups is 1. The van der Waals surface area contributed by atoms with E-state index in [1.165, 1.54) is 37.5 Å². The number of hydrogen-bond donors (Lipinski definition) is 3. The Labute approximate surface area is 159 Å². The summed E-state index contributed by atoms with van der Waals surface area (Å²) in [4.78, 5) is 14.5. The zero-order valence-corrected chi connectivity index (χ0v) is 16.3. The van der Waals surface area contributed by atoms with Gasteiger partial charge in [0.1, 0.15) is 0 Å². The van der Waals surface area contributed by atoms with Crippen LogP contribution in [0.4, 0.5) is 5.69 Å². The normalized spacial score (nSPS) is 16.1. The molecule has 0 spiro atoms. The fourth-order valence-electron chi connectivity index (χ4n) is 2.96. The van der Waals surface area contributed by atoms with Crippen molar-refractivity contribution in [2.45, 2.75) is 50.0 Å². The first-order valence-electron chi connectivity index (χ1n) is 9.21. The zero-order chi connectivity index (χ0) is 19.7. The first-order valence-corrected chi connectivity index (χ1v) is 10.7. The summed E-state index contributed by atoms with van der Waals surface area (Å²) in [6.45, 7) is 3.06. The van der Waals surface area contributed by atoms with E-state index in [1.807, 2.05) is 6.92 Å². The van der Waals surface area contributed by atoms with Gasteiger partial charge in [0, 0.05) is 31.3 Å². The second-order valence-electron chi connectivity index (χ2n) is 6.39. The number of hydrogen-bond acceptors (Lipinski definition) is 5. The Morgan fingerprint density at radius 3 is 2.70 bits per heavy atom. The molecule has 27 heavy (non-hydrogen) atoms. The van der Waals surface area contributed by atoms with Gasteiger partial charge in [-0.15, -0.1) is 0 Å². The predicted octanol–water partition coefficient (Wildman–Crippen LogP) is 1.76. The van der Waals surface area contributed by atoms with E-state index in [0.29, 0.717) is 12.0 Å². The van der Waals surface area contributed by atoms with E-state index >= 15 is 0 Å². The lowest BCUT2D eigenvalue weighted by Crippen LogP contribution is -2.44. The van der Waals surface area contributed by atoms with Crippen molar-refractivity contribution in [3.8, 4) is 0 Å². The third kappa shape index (κ3) is 6.79. The second-order valence-corrected chi connectivity index (χ2v) is 8.16. The lowest BCUT2D eigenvalue weighted by atomic mass is 9.96. The molecule has 0 saturated heterocycles. The number of non-ortho nitro benzene ring substituents is 1. The molecule has 0 radical (unpaired) electrons. The Kier molecular flexibility index (Phi) is 7.99. The topological polar surface area (TPSA) is 126 Å². The van der Waals surface area contributed by atoms with Crippen molar-refractivity contribution in [3.05, 3.63) is 34.4 Å². The van der Waals surface area contributed by atoms with Gasteiger partial charge in [-0.25, -0.2) is 13.1 Å². The number of nitrogens with one attached hydrogen (secondary N) is 3. The van der Waals surface area contributed by atoms with Gasteiger partial charge in [-0.1, -0.05) is 25.3 Å². The van der Waals surface area contributed by atoms with Crippen molar-refractivity contribution < 1.29 is 13.3 Å². The molecule has 0 heterocycles. The third-order valence-corrected chi connectivity index (χ3v) is 5.76. The highest BCUT2D eigenvalue weighted by Crippen LogP contribution is 2.18. The van der Waals surface area contributed by atoms with Crippen LogP contribution in [0.25, 0.3) is 0 Å². The van der Waals surface area contributed by atoms with Gasteiger partial charge in [0.15, 0.2) is 5.96 Å². The highest BCUT2D eigenvalue weighted by molar-refractivity contribution is 7.89. The number of sulfonamides is 1. The van der Waals surface area contributed by atoms with Gasteiger partial charge in [-0.3, -0.25) is 15.1 Å². The van der Waals surface area contributed by atoms with Crippen LogP contribution in [0.15, 0.2) is 34.2 Å². The monoisotopic (exact) mass is 397 g/mol. The molecule has 3 N–H and O–H groups in total. The molecule has 10 heteroatoms. The number of nitro benzene ring substituents is 1. The average molecular weight is 398 g/mol. The number of nitrogens with zero attached hydrogens (tertiary/aromatic N) is 2. The minimum atomic E-state index is -3.82. The van der Waals surface area contributed by atoms with Crippen LogP contribution in [0.3, 0.4) is 0 Å². The number of nitro groups is 1. The van der Waals surface area contributed by atoms with E-state index in [1.54, 1.807) is 0 Å². The summed E-state index contributed by atoms with van der Waals surface area (Å²) in [6.07, 6.45) is 5.92. The van der Waals surface area contributed by atoms with Gasteiger partial charge < -0.3 is 10.6 Å². The summed E-state index contributed by atoms with van der Waals surface area (Å²) in [6, 6.07) is 5.37. The van der Waals surface area contributed by atoms with Gasteiger partial charge in [-0.2, -0.15) is 0 Å². The average Bonchev–Trinajstić information content (AvgIpc) is 2.66. The van der Waals surface area contributed by atoms with Crippen LogP contribution in [-0.4, -0.2) is 45.0 Å². The minimum absolute atomic E-state index is 0.103. The van der Waals surface area contributed by atoms with Gasteiger partial charge in [0.25, 0.3) is 5.69 Å². The summed E-state index contributed by atoms with van der Waals surface area (Å²) in [7, 11) is -3.82. The Morgan fingerprint density at radius 1 is 1.30 bits per heavy atom. The van der Waals surface area contributed by atoms with Crippen molar-refractivity contribution in [3.63, 3.8) is 0 Å². The maximum Gasteiger partial charge on any atom is 0.270 e. The van der Waals surface area contributed by atoms with Gasteiger partial charge in [0.2, 0.25) is 10.0 Å². The molecule has 2 rings (SSSR count). The number of benzene rings is 1. The molecular weight excluding hydrogens is 370 g/mol. The standard InChI is InChI=1S/C17H27N5O4S/c1-2-18-17(21-14-7-4-3-5-8-14)19-11-12-20-27(25,26)16-10-6-9-15(13-16)22(23)24/h6,9-10,13-14,20H,2-5,7-8,11-12H2,1H3,(H2,18,19,21). The summed E-state index contributed by atoms with van der Waals surface area (Å²) in [5.41, 5.74) is -0.262. The Hall–Kier alpha value is -2.20. The van der Waals surface area contributed by atoms with Crippen LogP contribution < -0.4 is 15.4 Å². The lowest BCUT2D eigenvalue weighted by molar-refractivity contribution is -0.385. The smallest absolute Gasteiger partial charge is 0.270 e. The van der Waals surface area contributed by atoms with Crippen LogP contribution in [0.5, 0.6) is 0 Å². The molecular formula is C17H27N5O4S. The van der Waals surface area contributed by atoms with Crippen molar-refractivity contribution in [1.82, 2.24) is 15.4 Å². The largest absolute Gasteiger partial charge is 0.357 e. The highest BCUT2D eigenvalue weighted by Gasteiger charge is 2.17. The summed E-state index contributed by atoms with van der Waals surface area (Å²) < 4.78 is 27.0. The fourth-order valence-corrected chi connectivity index (χ4v) is 4.02. The molecule has 1 aromatic carbocycles. The van der Waals surface area contributed by atoms with Gasteiger partial charge in [-0.05, 0) is 25.8 Å². The SMILES string of the molecule is CCNC(=NCCNS(=O)(=O)c1cccc([N+](=O)[O-])c1)NC1CCCCC1. The van der Waals surface area contributed by atoms with Crippen molar-refractivity contribution in [1.29, 1.82) is 0 Å². The molecule has 1 aliphatic carbocycles.